The van der Waals surface area contributed by atoms with Gasteiger partial charge in [0.15, 0.2) is 0 Å². The summed E-state index contributed by atoms with van der Waals surface area (Å²) in [4.78, 5) is 12.1. The Balaban J connectivity index is 1.83. The molecule has 0 aliphatic heterocycles. The smallest absolute Gasteiger partial charge is 0.233 e. The Morgan fingerprint density at radius 2 is 2.00 bits per heavy atom. The molecule has 1 N–H and O–H groups in total. The van der Waals surface area contributed by atoms with E-state index in [9.17, 15) is 9.18 Å². The van der Waals surface area contributed by atoms with Crippen LogP contribution in [0.15, 0.2) is 47.1 Å². The topological polar surface area (TPSA) is 42.2 Å². The van der Waals surface area contributed by atoms with Crippen molar-refractivity contribution >= 4 is 17.7 Å². The van der Waals surface area contributed by atoms with E-state index in [2.05, 4.69) is 5.32 Å². The molecule has 2 unspecified atom stereocenters. The highest BCUT2D eigenvalue weighted by Gasteiger charge is 2.17. The quantitative estimate of drug-likeness (QED) is 0.879. The highest BCUT2D eigenvalue weighted by atomic mass is 32.2. The number of furan rings is 1. The van der Waals surface area contributed by atoms with Crippen molar-refractivity contribution in [1.82, 2.24) is 5.32 Å². The lowest BCUT2D eigenvalue weighted by Gasteiger charge is -2.17. The van der Waals surface area contributed by atoms with Crippen LogP contribution in [0.25, 0.3) is 0 Å². The summed E-state index contributed by atoms with van der Waals surface area (Å²) in [6, 6.07) is 9.72. The third-order valence-electron chi connectivity index (χ3n) is 3.15. The van der Waals surface area contributed by atoms with Crippen LogP contribution in [0, 0.1) is 5.82 Å². The fraction of sp³-hybridized carbons (Fsp3) is 0.312. The Hall–Kier alpha value is -1.75. The fourth-order valence-electron chi connectivity index (χ4n) is 1.84. The maximum Gasteiger partial charge on any atom is 0.233 e. The van der Waals surface area contributed by atoms with E-state index >= 15 is 0 Å². The molecule has 0 saturated carbocycles. The second kappa shape index (κ2) is 7.31. The van der Waals surface area contributed by atoms with Crippen molar-refractivity contribution in [1.29, 1.82) is 0 Å². The number of hydrogen-bond acceptors (Lipinski definition) is 3. The number of benzene rings is 1. The van der Waals surface area contributed by atoms with Crippen LogP contribution in [0.2, 0.25) is 0 Å². The number of hydrogen-bond donors (Lipinski definition) is 1. The predicted octanol–water partition coefficient (Wildman–Crippen LogP) is 3.92. The molecule has 1 amide bonds. The standard InChI is InChI=1S/C16H18FNO2S/c1-11(13-5-7-14(17)8-6-13)18-16(19)12(2)21-10-15-4-3-9-20-15/h3-9,11-12H,10H2,1-2H3,(H,18,19). The lowest BCUT2D eigenvalue weighted by Crippen LogP contribution is -2.33. The average Bonchev–Trinajstić information content (AvgIpc) is 2.98. The first-order valence-corrected chi connectivity index (χ1v) is 7.81. The monoisotopic (exact) mass is 307 g/mol. The van der Waals surface area contributed by atoms with E-state index in [1.165, 1.54) is 23.9 Å². The van der Waals surface area contributed by atoms with Crippen LogP contribution in [0.3, 0.4) is 0 Å². The van der Waals surface area contributed by atoms with Gasteiger partial charge < -0.3 is 9.73 Å². The molecule has 2 aromatic rings. The fourth-order valence-corrected chi connectivity index (χ4v) is 2.64. The van der Waals surface area contributed by atoms with Crippen molar-refractivity contribution in [2.24, 2.45) is 0 Å². The molecule has 0 aliphatic carbocycles. The molecular formula is C16H18FNO2S. The Morgan fingerprint density at radius 1 is 1.29 bits per heavy atom. The number of amides is 1. The van der Waals surface area contributed by atoms with Crippen LogP contribution >= 0.6 is 11.8 Å². The summed E-state index contributed by atoms with van der Waals surface area (Å²) in [6.45, 7) is 3.75. The molecule has 2 rings (SSSR count). The predicted molar refractivity (Wildman–Crippen MR) is 82.4 cm³/mol. The van der Waals surface area contributed by atoms with Crippen LogP contribution in [0.4, 0.5) is 4.39 Å². The van der Waals surface area contributed by atoms with Gasteiger partial charge in [-0.2, -0.15) is 0 Å². The minimum atomic E-state index is -0.278. The molecule has 1 aromatic heterocycles. The molecule has 0 radical (unpaired) electrons. The summed E-state index contributed by atoms with van der Waals surface area (Å²) in [5, 5.41) is 2.75. The summed E-state index contributed by atoms with van der Waals surface area (Å²) in [5.41, 5.74) is 0.882. The van der Waals surface area contributed by atoms with E-state index in [0.717, 1.165) is 11.3 Å². The Bertz CT molecular complexity index is 568. The molecule has 21 heavy (non-hydrogen) atoms. The zero-order valence-corrected chi connectivity index (χ0v) is 12.8. The summed E-state index contributed by atoms with van der Waals surface area (Å²) in [5.74, 6) is 1.20. The maximum absolute atomic E-state index is 12.9. The Labute approximate surface area is 127 Å². The van der Waals surface area contributed by atoms with Gasteiger partial charge in [0.25, 0.3) is 0 Å². The van der Waals surface area contributed by atoms with Crippen molar-refractivity contribution in [2.45, 2.75) is 30.9 Å². The molecule has 0 aliphatic rings. The first kappa shape index (κ1) is 15.6. The minimum absolute atomic E-state index is 0.0385. The normalized spacial score (nSPS) is 13.7. The highest BCUT2D eigenvalue weighted by molar-refractivity contribution is 7.99. The number of carbonyl (C=O) groups is 1. The molecule has 5 heteroatoms. The Kier molecular flexibility index (Phi) is 5.44. The Morgan fingerprint density at radius 3 is 2.62 bits per heavy atom. The second-order valence-electron chi connectivity index (χ2n) is 4.81. The molecule has 0 saturated heterocycles. The summed E-state index contributed by atoms with van der Waals surface area (Å²) < 4.78 is 18.1. The van der Waals surface area contributed by atoms with Gasteiger partial charge >= 0.3 is 0 Å². The van der Waals surface area contributed by atoms with Gasteiger partial charge in [-0.05, 0) is 43.7 Å². The first-order chi connectivity index (χ1) is 10.1. The van der Waals surface area contributed by atoms with E-state index in [1.54, 1.807) is 18.4 Å². The maximum atomic E-state index is 12.9. The molecule has 0 fully saturated rings. The van der Waals surface area contributed by atoms with Crippen molar-refractivity contribution in [2.75, 3.05) is 0 Å². The van der Waals surface area contributed by atoms with Gasteiger partial charge in [-0.3, -0.25) is 4.79 Å². The molecule has 1 heterocycles. The molecule has 0 spiro atoms. The van der Waals surface area contributed by atoms with Gasteiger partial charge in [0, 0.05) is 0 Å². The molecule has 0 bridgehead atoms. The number of rotatable bonds is 6. The summed E-state index contributed by atoms with van der Waals surface area (Å²) in [6.07, 6.45) is 1.62. The lowest BCUT2D eigenvalue weighted by molar-refractivity contribution is -0.120. The lowest BCUT2D eigenvalue weighted by atomic mass is 10.1. The van der Waals surface area contributed by atoms with Gasteiger partial charge in [0.05, 0.1) is 23.3 Å². The zero-order valence-electron chi connectivity index (χ0n) is 12.0. The van der Waals surface area contributed by atoms with Crippen molar-refractivity contribution in [3.63, 3.8) is 0 Å². The van der Waals surface area contributed by atoms with Crippen LogP contribution in [0.5, 0.6) is 0 Å². The van der Waals surface area contributed by atoms with Crippen LogP contribution in [0.1, 0.15) is 31.2 Å². The summed E-state index contributed by atoms with van der Waals surface area (Å²) >= 11 is 1.52. The average molecular weight is 307 g/mol. The number of thioether (sulfide) groups is 1. The number of nitrogens with one attached hydrogen (secondary N) is 1. The second-order valence-corrected chi connectivity index (χ2v) is 6.14. The van der Waals surface area contributed by atoms with E-state index in [1.807, 2.05) is 26.0 Å². The molecule has 2 atom stereocenters. The van der Waals surface area contributed by atoms with Gasteiger partial charge in [-0.25, -0.2) is 4.39 Å². The van der Waals surface area contributed by atoms with Gasteiger partial charge in [-0.15, -0.1) is 11.8 Å². The van der Waals surface area contributed by atoms with Crippen molar-refractivity contribution < 1.29 is 13.6 Å². The third-order valence-corrected chi connectivity index (χ3v) is 4.32. The molecule has 112 valence electrons. The van der Waals surface area contributed by atoms with Crippen LogP contribution in [-0.2, 0) is 10.5 Å². The summed E-state index contributed by atoms with van der Waals surface area (Å²) in [7, 11) is 0. The largest absolute Gasteiger partial charge is 0.468 e. The molecule has 3 nitrogen and oxygen atoms in total. The molecular weight excluding hydrogens is 289 g/mol. The van der Waals surface area contributed by atoms with Crippen LogP contribution in [-0.4, -0.2) is 11.2 Å². The number of halogens is 1. The minimum Gasteiger partial charge on any atom is -0.468 e. The van der Waals surface area contributed by atoms with E-state index in [-0.39, 0.29) is 23.0 Å². The van der Waals surface area contributed by atoms with Crippen LogP contribution < -0.4 is 5.32 Å². The van der Waals surface area contributed by atoms with Crippen molar-refractivity contribution in [3.05, 3.63) is 59.8 Å². The van der Waals surface area contributed by atoms with E-state index in [0.29, 0.717) is 5.75 Å². The zero-order chi connectivity index (χ0) is 15.2. The number of carbonyl (C=O) groups excluding carboxylic acids is 1. The van der Waals surface area contributed by atoms with E-state index in [4.69, 9.17) is 4.42 Å². The highest BCUT2D eigenvalue weighted by Crippen LogP contribution is 2.19. The van der Waals surface area contributed by atoms with Gasteiger partial charge in [0.1, 0.15) is 11.6 Å². The third kappa shape index (κ3) is 4.63. The van der Waals surface area contributed by atoms with Crippen molar-refractivity contribution in [3.8, 4) is 0 Å². The van der Waals surface area contributed by atoms with E-state index < -0.39 is 0 Å². The first-order valence-electron chi connectivity index (χ1n) is 6.76. The van der Waals surface area contributed by atoms with Gasteiger partial charge in [-0.1, -0.05) is 12.1 Å². The van der Waals surface area contributed by atoms with Gasteiger partial charge in [0.2, 0.25) is 5.91 Å². The SMILES string of the molecule is CC(SCc1ccco1)C(=O)NC(C)c1ccc(F)cc1. The molecule has 1 aromatic carbocycles.